The van der Waals surface area contributed by atoms with Crippen molar-refractivity contribution in [2.24, 2.45) is 0 Å². The van der Waals surface area contributed by atoms with E-state index in [1.807, 2.05) is 11.8 Å². The first kappa shape index (κ1) is 14.2. The van der Waals surface area contributed by atoms with Crippen molar-refractivity contribution in [3.05, 3.63) is 28.5 Å². The van der Waals surface area contributed by atoms with Crippen molar-refractivity contribution in [2.75, 3.05) is 19.7 Å². The van der Waals surface area contributed by atoms with Crippen LogP contribution >= 0.6 is 11.6 Å². The monoisotopic (exact) mass is 261 g/mol. The molecule has 17 heavy (non-hydrogen) atoms. The molecule has 0 saturated heterocycles. The van der Waals surface area contributed by atoms with Gasteiger partial charge in [0.15, 0.2) is 0 Å². The van der Waals surface area contributed by atoms with E-state index >= 15 is 0 Å². The number of nitrogens with zero attached hydrogens (tertiary/aromatic N) is 1. The maximum absolute atomic E-state index is 13.6. The number of rotatable bonds is 6. The predicted octanol–water partition coefficient (Wildman–Crippen LogP) is 2.39. The molecule has 1 aromatic rings. The minimum Gasteiger partial charge on any atom is -0.506 e. The molecule has 3 nitrogen and oxygen atoms in total. The molecule has 0 fully saturated rings. The molecule has 96 valence electrons. The fourth-order valence-corrected chi connectivity index (χ4v) is 1.85. The van der Waals surface area contributed by atoms with E-state index < -0.39 is 5.82 Å². The van der Waals surface area contributed by atoms with Gasteiger partial charge in [0.25, 0.3) is 0 Å². The van der Waals surface area contributed by atoms with Gasteiger partial charge in [-0.1, -0.05) is 18.5 Å². The van der Waals surface area contributed by atoms with Crippen LogP contribution in [0.2, 0.25) is 5.02 Å². The van der Waals surface area contributed by atoms with Crippen LogP contribution in [0.4, 0.5) is 4.39 Å². The average Bonchev–Trinajstić information content (AvgIpc) is 2.26. The molecule has 0 aliphatic heterocycles. The molecule has 1 rings (SSSR count). The van der Waals surface area contributed by atoms with Gasteiger partial charge in [0, 0.05) is 24.7 Å². The van der Waals surface area contributed by atoms with Gasteiger partial charge in [-0.25, -0.2) is 4.39 Å². The number of phenols is 1. The Balaban J connectivity index is 2.81. The van der Waals surface area contributed by atoms with Gasteiger partial charge in [-0.3, -0.25) is 4.90 Å². The van der Waals surface area contributed by atoms with Gasteiger partial charge in [0.05, 0.1) is 11.6 Å². The summed E-state index contributed by atoms with van der Waals surface area (Å²) in [6, 6.07) is 2.44. The third kappa shape index (κ3) is 4.15. The van der Waals surface area contributed by atoms with Crippen molar-refractivity contribution < 1.29 is 14.6 Å². The second-order valence-electron chi connectivity index (χ2n) is 3.89. The molecule has 0 atom stereocenters. The summed E-state index contributed by atoms with van der Waals surface area (Å²) in [5.41, 5.74) is 0.426. The molecule has 0 amide bonds. The zero-order valence-corrected chi connectivity index (χ0v) is 10.5. The normalized spacial score (nSPS) is 11.1. The summed E-state index contributed by atoms with van der Waals surface area (Å²) in [5.74, 6) is -0.733. The maximum atomic E-state index is 13.6. The van der Waals surface area contributed by atoms with Crippen LogP contribution in [0.1, 0.15) is 18.9 Å². The quantitative estimate of drug-likeness (QED) is 0.826. The van der Waals surface area contributed by atoms with E-state index in [-0.39, 0.29) is 17.4 Å². The van der Waals surface area contributed by atoms with Crippen molar-refractivity contribution in [1.82, 2.24) is 4.90 Å². The number of halogens is 2. The zero-order chi connectivity index (χ0) is 12.8. The Hall–Kier alpha value is -0.840. The van der Waals surface area contributed by atoms with Crippen LogP contribution in [0.3, 0.4) is 0 Å². The molecule has 5 heteroatoms. The molecule has 1 aromatic carbocycles. The van der Waals surface area contributed by atoms with Crippen LogP contribution in [0.5, 0.6) is 5.75 Å². The number of phenolic OH excluding ortho intramolecular Hbond substituents is 1. The van der Waals surface area contributed by atoms with Gasteiger partial charge in [0.1, 0.15) is 11.6 Å². The summed E-state index contributed by atoms with van der Waals surface area (Å²) in [6.45, 7) is 3.70. The molecule has 0 unspecified atom stereocenters. The number of aromatic hydroxyl groups is 1. The van der Waals surface area contributed by atoms with Crippen molar-refractivity contribution in [3.63, 3.8) is 0 Å². The lowest BCUT2D eigenvalue weighted by atomic mass is 10.2. The topological polar surface area (TPSA) is 43.7 Å². The Morgan fingerprint density at radius 3 is 2.65 bits per heavy atom. The van der Waals surface area contributed by atoms with Gasteiger partial charge < -0.3 is 10.2 Å². The average molecular weight is 262 g/mol. The Bertz CT molecular complexity index is 368. The Morgan fingerprint density at radius 1 is 1.35 bits per heavy atom. The molecule has 2 N–H and O–H groups in total. The van der Waals surface area contributed by atoms with Crippen molar-refractivity contribution in [3.8, 4) is 5.75 Å². The lowest BCUT2D eigenvalue weighted by Crippen LogP contribution is -2.27. The van der Waals surface area contributed by atoms with E-state index in [1.165, 1.54) is 6.07 Å². The molecule has 0 aliphatic rings. The Kier molecular flexibility index (Phi) is 5.68. The van der Waals surface area contributed by atoms with Crippen LogP contribution in [0.25, 0.3) is 0 Å². The highest BCUT2D eigenvalue weighted by atomic mass is 35.5. The van der Waals surface area contributed by atoms with Crippen molar-refractivity contribution in [2.45, 2.75) is 19.9 Å². The summed E-state index contributed by atoms with van der Waals surface area (Å²) in [7, 11) is 0. The molecule has 0 radical (unpaired) electrons. The van der Waals surface area contributed by atoms with E-state index in [9.17, 15) is 9.50 Å². The van der Waals surface area contributed by atoms with Crippen molar-refractivity contribution >= 4 is 11.6 Å². The first-order valence-corrected chi connectivity index (χ1v) is 5.96. The standard InChI is InChI=1S/C12H17ClFNO2/c1-2-3-15(4-5-16)8-9-6-10(13)12(17)7-11(9)14/h6-7,16-17H,2-5,8H2,1H3. The van der Waals surface area contributed by atoms with Crippen LogP contribution in [0.15, 0.2) is 12.1 Å². The maximum Gasteiger partial charge on any atom is 0.137 e. The molecular weight excluding hydrogens is 245 g/mol. The smallest absolute Gasteiger partial charge is 0.137 e. The molecule has 0 saturated carbocycles. The van der Waals surface area contributed by atoms with E-state index in [0.717, 1.165) is 19.0 Å². The third-order valence-electron chi connectivity index (χ3n) is 2.47. The van der Waals surface area contributed by atoms with Crippen LogP contribution in [-0.4, -0.2) is 34.8 Å². The van der Waals surface area contributed by atoms with Crippen LogP contribution in [-0.2, 0) is 6.54 Å². The lowest BCUT2D eigenvalue weighted by Gasteiger charge is -2.21. The Labute approximate surface area is 105 Å². The predicted molar refractivity (Wildman–Crippen MR) is 65.7 cm³/mol. The highest BCUT2D eigenvalue weighted by Crippen LogP contribution is 2.26. The summed E-state index contributed by atoms with van der Waals surface area (Å²) >= 11 is 5.74. The van der Waals surface area contributed by atoms with E-state index in [0.29, 0.717) is 18.7 Å². The summed E-state index contributed by atoms with van der Waals surface area (Å²) in [6.07, 6.45) is 0.924. The highest BCUT2D eigenvalue weighted by Gasteiger charge is 2.11. The molecule has 0 spiro atoms. The summed E-state index contributed by atoms with van der Waals surface area (Å²) < 4.78 is 13.6. The number of benzene rings is 1. The largest absolute Gasteiger partial charge is 0.506 e. The highest BCUT2D eigenvalue weighted by molar-refractivity contribution is 6.32. The second-order valence-corrected chi connectivity index (χ2v) is 4.30. The zero-order valence-electron chi connectivity index (χ0n) is 9.79. The fourth-order valence-electron chi connectivity index (χ4n) is 1.67. The van der Waals surface area contributed by atoms with Gasteiger partial charge in [-0.15, -0.1) is 0 Å². The lowest BCUT2D eigenvalue weighted by molar-refractivity contribution is 0.189. The summed E-state index contributed by atoms with van der Waals surface area (Å²) in [5, 5.41) is 18.3. The number of aliphatic hydroxyl groups is 1. The third-order valence-corrected chi connectivity index (χ3v) is 2.77. The molecule has 0 aromatic heterocycles. The number of hydrogen-bond donors (Lipinski definition) is 2. The Morgan fingerprint density at radius 2 is 2.06 bits per heavy atom. The molecule has 0 heterocycles. The van der Waals surface area contributed by atoms with Gasteiger partial charge >= 0.3 is 0 Å². The van der Waals surface area contributed by atoms with Crippen LogP contribution < -0.4 is 0 Å². The van der Waals surface area contributed by atoms with Crippen molar-refractivity contribution in [1.29, 1.82) is 0 Å². The van der Waals surface area contributed by atoms with E-state index in [2.05, 4.69) is 0 Å². The fraction of sp³-hybridized carbons (Fsp3) is 0.500. The number of hydrogen-bond acceptors (Lipinski definition) is 3. The minimum atomic E-state index is -0.481. The minimum absolute atomic E-state index is 0.0352. The SMILES string of the molecule is CCCN(CCO)Cc1cc(Cl)c(O)cc1F. The van der Waals surface area contributed by atoms with Crippen LogP contribution in [0, 0.1) is 5.82 Å². The summed E-state index contributed by atoms with van der Waals surface area (Å²) in [4.78, 5) is 1.94. The second kappa shape index (κ2) is 6.79. The van der Waals surface area contributed by atoms with Gasteiger partial charge in [-0.2, -0.15) is 0 Å². The molecule has 0 aliphatic carbocycles. The number of aliphatic hydroxyl groups excluding tert-OH is 1. The van der Waals surface area contributed by atoms with Gasteiger partial charge in [-0.05, 0) is 19.0 Å². The van der Waals surface area contributed by atoms with E-state index in [4.69, 9.17) is 16.7 Å². The van der Waals surface area contributed by atoms with E-state index in [1.54, 1.807) is 0 Å². The molecule has 0 bridgehead atoms. The first-order chi connectivity index (χ1) is 8.08. The first-order valence-electron chi connectivity index (χ1n) is 5.58. The molecular formula is C12H17ClFNO2. The van der Waals surface area contributed by atoms with Gasteiger partial charge in [0.2, 0.25) is 0 Å².